The number of piperidine rings is 1. The minimum absolute atomic E-state index is 0.170. The van der Waals surface area contributed by atoms with Gasteiger partial charge in [0, 0.05) is 31.2 Å². The van der Waals surface area contributed by atoms with Gasteiger partial charge in [-0.3, -0.25) is 9.78 Å². The highest BCUT2D eigenvalue weighted by atomic mass is 32.2. The molecule has 0 radical (unpaired) electrons. The molecule has 1 N–H and O–H groups in total. The SMILES string of the molecule is Cc1ccc(NC(=O)c2cnccn2)cc1S(=O)(=O)N1CCCCC1. The third-order valence-corrected chi connectivity index (χ3v) is 6.22. The van der Waals surface area contributed by atoms with E-state index in [1.165, 1.54) is 29.0 Å². The van der Waals surface area contributed by atoms with Gasteiger partial charge >= 0.3 is 0 Å². The van der Waals surface area contributed by atoms with Crippen LogP contribution in [0, 0.1) is 6.92 Å². The van der Waals surface area contributed by atoms with Gasteiger partial charge in [-0.1, -0.05) is 12.5 Å². The summed E-state index contributed by atoms with van der Waals surface area (Å²) >= 11 is 0. The van der Waals surface area contributed by atoms with Crippen LogP contribution in [0.5, 0.6) is 0 Å². The highest BCUT2D eigenvalue weighted by Gasteiger charge is 2.27. The van der Waals surface area contributed by atoms with Crippen molar-refractivity contribution < 1.29 is 13.2 Å². The van der Waals surface area contributed by atoms with Crippen LogP contribution in [0.3, 0.4) is 0 Å². The van der Waals surface area contributed by atoms with Gasteiger partial charge in [0.2, 0.25) is 10.0 Å². The second-order valence-corrected chi connectivity index (χ2v) is 7.90. The monoisotopic (exact) mass is 360 g/mol. The van der Waals surface area contributed by atoms with Gasteiger partial charge in [0.15, 0.2) is 0 Å². The van der Waals surface area contributed by atoms with Crippen molar-refractivity contribution in [2.45, 2.75) is 31.1 Å². The molecule has 0 bridgehead atoms. The number of rotatable bonds is 4. The Morgan fingerprint density at radius 2 is 1.92 bits per heavy atom. The Kier molecular flexibility index (Phi) is 5.10. The van der Waals surface area contributed by atoms with Crippen LogP contribution in [0.4, 0.5) is 5.69 Å². The molecule has 1 aromatic carbocycles. The van der Waals surface area contributed by atoms with Crippen LogP contribution in [-0.2, 0) is 10.0 Å². The van der Waals surface area contributed by atoms with Crippen molar-refractivity contribution in [3.8, 4) is 0 Å². The number of carbonyl (C=O) groups is 1. The average molecular weight is 360 g/mol. The fourth-order valence-corrected chi connectivity index (χ4v) is 4.58. The molecule has 1 aliphatic heterocycles. The number of hydrogen-bond acceptors (Lipinski definition) is 5. The molecule has 132 valence electrons. The van der Waals surface area contributed by atoms with Gasteiger partial charge in [0.1, 0.15) is 5.69 Å². The van der Waals surface area contributed by atoms with E-state index in [4.69, 9.17) is 0 Å². The number of hydrogen-bond donors (Lipinski definition) is 1. The summed E-state index contributed by atoms with van der Waals surface area (Å²) in [5, 5.41) is 2.68. The van der Waals surface area contributed by atoms with Crippen LogP contribution < -0.4 is 5.32 Å². The summed E-state index contributed by atoms with van der Waals surface area (Å²) < 4.78 is 27.3. The Morgan fingerprint density at radius 1 is 1.16 bits per heavy atom. The van der Waals surface area contributed by atoms with Gasteiger partial charge in [-0.15, -0.1) is 0 Å². The topological polar surface area (TPSA) is 92.3 Å². The molecule has 0 unspecified atom stereocenters. The van der Waals surface area contributed by atoms with E-state index in [2.05, 4.69) is 15.3 Å². The molecule has 8 heteroatoms. The van der Waals surface area contributed by atoms with Crippen molar-refractivity contribution in [3.05, 3.63) is 48.0 Å². The van der Waals surface area contributed by atoms with Crippen molar-refractivity contribution in [2.24, 2.45) is 0 Å². The van der Waals surface area contributed by atoms with Crippen LogP contribution >= 0.6 is 0 Å². The Hall–Kier alpha value is -2.32. The highest BCUT2D eigenvalue weighted by molar-refractivity contribution is 7.89. The fraction of sp³-hybridized carbons (Fsp3) is 0.353. The zero-order valence-electron chi connectivity index (χ0n) is 14.0. The van der Waals surface area contributed by atoms with E-state index in [-0.39, 0.29) is 10.6 Å². The molecule has 1 aromatic heterocycles. The molecule has 25 heavy (non-hydrogen) atoms. The summed E-state index contributed by atoms with van der Waals surface area (Å²) in [6.45, 7) is 2.83. The van der Waals surface area contributed by atoms with Crippen molar-refractivity contribution in [1.29, 1.82) is 0 Å². The minimum Gasteiger partial charge on any atom is -0.321 e. The predicted molar refractivity (Wildman–Crippen MR) is 93.8 cm³/mol. The zero-order valence-corrected chi connectivity index (χ0v) is 14.8. The predicted octanol–water partition coefficient (Wildman–Crippen LogP) is 2.21. The molecule has 3 rings (SSSR count). The van der Waals surface area contributed by atoms with Gasteiger partial charge in [-0.25, -0.2) is 13.4 Å². The van der Waals surface area contributed by atoms with Gasteiger partial charge < -0.3 is 5.32 Å². The lowest BCUT2D eigenvalue weighted by atomic mass is 10.2. The number of aryl methyl sites for hydroxylation is 1. The fourth-order valence-electron chi connectivity index (χ4n) is 2.81. The molecule has 7 nitrogen and oxygen atoms in total. The lowest BCUT2D eigenvalue weighted by Gasteiger charge is -2.26. The molecule has 1 saturated heterocycles. The molecular formula is C17H20N4O3S. The first kappa shape index (κ1) is 17.5. The average Bonchev–Trinajstić information content (AvgIpc) is 2.64. The molecule has 2 heterocycles. The number of aromatic nitrogens is 2. The van der Waals surface area contributed by atoms with Crippen LogP contribution in [0.25, 0.3) is 0 Å². The molecule has 0 saturated carbocycles. The van der Waals surface area contributed by atoms with E-state index in [1.807, 2.05) is 0 Å². The van der Waals surface area contributed by atoms with Gasteiger partial charge in [0.05, 0.1) is 11.1 Å². The lowest BCUT2D eigenvalue weighted by Crippen LogP contribution is -2.36. The number of nitrogens with zero attached hydrogens (tertiary/aromatic N) is 3. The molecular weight excluding hydrogens is 340 g/mol. The second kappa shape index (κ2) is 7.28. The van der Waals surface area contributed by atoms with Crippen LogP contribution in [0.2, 0.25) is 0 Å². The molecule has 0 atom stereocenters. The zero-order chi connectivity index (χ0) is 17.9. The first-order chi connectivity index (χ1) is 12.0. The maximum atomic E-state index is 12.9. The van der Waals surface area contributed by atoms with Gasteiger partial charge in [-0.05, 0) is 37.5 Å². The summed E-state index contributed by atoms with van der Waals surface area (Å²) in [5.74, 6) is -0.432. The normalized spacial score (nSPS) is 15.7. The van der Waals surface area contributed by atoms with Crippen LogP contribution in [0.15, 0.2) is 41.7 Å². The molecule has 1 fully saturated rings. The van der Waals surface area contributed by atoms with Crippen molar-refractivity contribution in [3.63, 3.8) is 0 Å². The van der Waals surface area contributed by atoms with Crippen molar-refractivity contribution in [1.82, 2.24) is 14.3 Å². The van der Waals surface area contributed by atoms with Gasteiger partial charge in [0.25, 0.3) is 5.91 Å². The smallest absolute Gasteiger partial charge is 0.275 e. The maximum absolute atomic E-state index is 12.9. The lowest BCUT2D eigenvalue weighted by molar-refractivity contribution is 0.102. The number of carbonyl (C=O) groups excluding carboxylic acids is 1. The van der Waals surface area contributed by atoms with E-state index < -0.39 is 15.9 Å². The quantitative estimate of drug-likeness (QED) is 0.902. The molecule has 1 aliphatic rings. The third-order valence-electron chi connectivity index (χ3n) is 4.17. The van der Waals surface area contributed by atoms with E-state index in [1.54, 1.807) is 19.1 Å². The summed E-state index contributed by atoms with van der Waals surface area (Å²) in [5.41, 5.74) is 1.24. The summed E-state index contributed by atoms with van der Waals surface area (Å²) in [7, 11) is -3.56. The van der Waals surface area contributed by atoms with E-state index in [0.717, 1.165) is 19.3 Å². The highest BCUT2D eigenvalue weighted by Crippen LogP contribution is 2.26. The summed E-state index contributed by atoms with van der Waals surface area (Å²) in [6.07, 6.45) is 7.07. The van der Waals surface area contributed by atoms with E-state index >= 15 is 0 Å². The Bertz CT molecular complexity index is 863. The number of benzene rings is 1. The molecule has 1 amide bonds. The van der Waals surface area contributed by atoms with Crippen LogP contribution in [0.1, 0.15) is 35.3 Å². The Morgan fingerprint density at radius 3 is 2.60 bits per heavy atom. The summed E-state index contributed by atoms with van der Waals surface area (Å²) in [4.78, 5) is 20.2. The third kappa shape index (κ3) is 3.85. The first-order valence-electron chi connectivity index (χ1n) is 8.16. The minimum atomic E-state index is -3.56. The number of anilines is 1. The molecule has 0 aliphatic carbocycles. The largest absolute Gasteiger partial charge is 0.321 e. The Labute approximate surface area is 147 Å². The van der Waals surface area contributed by atoms with E-state index in [9.17, 15) is 13.2 Å². The molecule has 0 spiro atoms. The second-order valence-electron chi connectivity index (χ2n) is 5.99. The number of nitrogens with one attached hydrogen (secondary N) is 1. The number of sulfonamides is 1. The number of amides is 1. The molecule has 2 aromatic rings. The Balaban J connectivity index is 1.86. The standard InChI is InChI=1S/C17H20N4O3S/c1-13-5-6-14(20-17(22)15-12-18-7-8-19-15)11-16(13)25(23,24)21-9-3-2-4-10-21/h5-8,11-12H,2-4,9-10H2,1H3,(H,20,22). The van der Waals surface area contributed by atoms with Gasteiger partial charge in [-0.2, -0.15) is 4.31 Å². The summed E-state index contributed by atoms with van der Waals surface area (Å²) in [6, 6.07) is 4.88. The maximum Gasteiger partial charge on any atom is 0.275 e. The first-order valence-corrected chi connectivity index (χ1v) is 9.60. The van der Waals surface area contributed by atoms with E-state index in [0.29, 0.717) is 24.3 Å². The van der Waals surface area contributed by atoms with Crippen molar-refractivity contribution >= 4 is 21.6 Å². The van der Waals surface area contributed by atoms with Crippen molar-refractivity contribution in [2.75, 3.05) is 18.4 Å². The van der Waals surface area contributed by atoms with Crippen LogP contribution in [-0.4, -0.2) is 41.7 Å².